The highest BCUT2D eigenvalue weighted by Gasteiger charge is 2.01. The average Bonchev–Trinajstić information content (AvgIpc) is 2.35. The lowest BCUT2D eigenvalue weighted by atomic mass is 10.2. The van der Waals surface area contributed by atoms with Crippen LogP contribution in [0.25, 0.3) is 10.9 Å². The quantitative estimate of drug-likeness (QED) is 0.790. The van der Waals surface area contributed by atoms with E-state index in [-0.39, 0.29) is 0 Å². The maximum absolute atomic E-state index is 5.37. The van der Waals surface area contributed by atoms with E-state index in [0.717, 1.165) is 23.1 Å². The van der Waals surface area contributed by atoms with Crippen LogP contribution in [0.2, 0.25) is 0 Å². The van der Waals surface area contributed by atoms with Crippen LogP contribution >= 0.6 is 0 Å². The fourth-order valence-corrected chi connectivity index (χ4v) is 1.38. The molecule has 0 aliphatic heterocycles. The molecule has 0 aliphatic rings. The van der Waals surface area contributed by atoms with Gasteiger partial charge in [0.2, 0.25) is 0 Å². The minimum atomic E-state index is 0.430. The van der Waals surface area contributed by atoms with Crippen molar-refractivity contribution in [3.8, 4) is 11.8 Å². The van der Waals surface area contributed by atoms with E-state index in [1.807, 2.05) is 25.1 Å². The highest BCUT2D eigenvalue weighted by molar-refractivity contribution is 5.79. The van der Waals surface area contributed by atoms with Crippen LogP contribution in [0, 0.1) is 0 Å². The molecule has 1 aromatic carbocycles. The van der Waals surface area contributed by atoms with Crippen LogP contribution in [-0.2, 0) is 0 Å². The van der Waals surface area contributed by atoms with E-state index in [1.165, 1.54) is 0 Å². The first-order valence-corrected chi connectivity index (χ1v) is 5.27. The highest BCUT2D eigenvalue weighted by atomic mass is 16.5. The van der Waals surface area contributed by atoms with Gasteiger partial charge < -0.3 is 9.47 Å². The SMILES string of the molecule is CCCOc1ncc2cc(OC)ccc2n1. The van der Waals surface area contributed by atoms with Crippen LogP contribution in [-0.4, -0.2) is 23.7 Å². The molecular formula is C12H14N2O2. The minimum Gasteiger partial charge on any atom is -0.497 e. The second-order valence-corrected chi connectivity index (χ2v) is 3.43. The Balaban J connectivity index is 2.32. The van der Waals surface area contributed by atoms with Gasteiger partial charge in [-0.15, -0.1) is 0 Å². The first-order valence-electron chi connectivity index (χ1n) is 5.27. The molecule has 4 heteroatoms. The summed E-state index contributed by atoms with van der Waals surface area (Å²) < 4.78 is 10.5. The Labute approximate surface area is 94.2 Å². The van der Waals surface area contributed by atoms with Gasteiger partial charge in [-0.05, 0) is 24.6 Å². The molecule has 0 fully saturated rings. The van der Waals surface area contributed by atoms with Crippen molar-refractivity contribution in [1.29, 1.82) is 0 Å². The average molecular weight is 218 g/mol. The fraction of sp³-hybridized carbons (Fsp3) is 0.333. The van der Waals surface area contributed by atoms with Crippen LogP contribution in [0.4, 0.5) is 0 Å². The second kappa shape index (κ2) is 4.79. The molecule has 2 rings (SSSR count). The zero-order valence-electron chi connectivity index (χ0n) is 9.43. The van der Waals surface area contributed by atoms with Crippen LogP contribution in [0.3, 0.4) is 0 Å². The third-order valence-corrected chi connectivity index (χ3v) is 2.20. The van der Waals surface area contributed by atoms with Crippen molar-refractivity contribution < 1.29 is 9.47 Å². The Hall–Kier alpha value is -1.84. The number of hydrogen-bond acceptors (Lipinski definition) is 4. The number of nitrogens with zero attached hydrogens (tertiary/aromatic N) is 2. The first kappa shape index (κ1) is 10.7. The van der Waals surface area contributed by atoms with Crippen molar-refractivity contribution in [2.45, 2.75) is 13.3 Å². The number of methoxy groups -OCH3 is 1. The summed E-state index contributed by atoms with van der Waals surface area (Å²) in [5.74, 6) is 0.804. The molecule has 0 spiro atoms. The molecule has 0 bridgehead atoms. The van der Waals surface area contributed by atoms with Gasteiger partial charge in [0, 0.05) is 11.6 Å². The van der Waals surface area contributed by atoms with E-state index in [4.69, 9.17) is 9.47 Å². The van der Waals surface area contributed by atoms with E-state index in [0.29, 0.717) is 12.6 Å². The molecule has 84 valence electrons. The molecule has 1 aromatic heterocycles. The summed E-state index contributed by atoms with van der Waals surface area (Å²) >= 11 is 0. The zero-order chi connectivity index (χ0) is 11.4. The summed E-state index contributed by atoms with van der Waals surface area (Å²) in [6.07, 6.45) is 2.69. The summed E-state index contributed by atoms with van der Waals surface area (Å²) in [5, 5.41) is 0.947. The number of rotatable bonds is 4. The van der Waals surface area contributed by atoms with Crippen molar-refractivity contribution >= 4 is 10.9 Å². The molecule has 1 heterocycles. The number of ether oxygens (including phenoxy) is 2. The Morgan fingerprint density at radius 1 is 1.31 bits per heavy atom. The van der Waals surface area contributed by atoms with Gasteiger partial charge >= 0.3 is 6.01 Å². The monoisotopic (exact) mass is 218 g/mol. The molecule has 0 amide bonds. The molecule has 0 saturated carbocycles. The summed E-state index contributed by atoms with van der Waals surface area (Å²) in [6.45, 7) is 2.69. The summed E-state index contributed by atoms with van der Waals surface area (Å²) in [4.78, 5) is 8.43. The largest absolute Gasteiger partial charge is 0.497 e. The molecule has 2 aromatic rings. The zero-order valence-corrected chi connectivity index (χ0v) is 9.43. The van der Waals surface area contributed by atoms with Gasteiger partial charge in [-0.3, -0.25) is 0 Å². The summed E-state index contributed by atoms with van der Waals surface area (Å²) in [5.41, 5.74) is 0.863. The van der Waals surface area contributed by atoms with E-state index >= 15 is 0 Å². The molecule has 0 atom stereocenters. The molecule has 0 saturated heterocycles. The van der Waals surface area contributed by atoms with Crippen LogP contribution in [0.15, 0.2) is 24.4 Å². The number of hydrogen-bond donors (Lipinski definition) is 0. The molecule has 4 nitrogen and oxygen atoms in total. The van der Waals surface area contributed by atoms with Gasteiger partial charge in [-0.25, -0.2) is 4.98 Å². The Kier molecular flexibility index (Phi) is 3.19. The molecule has 0 unspecified atom stereocenters. The van der Waals surface area contributed by atoms with E-state index in [1.54, 1.807) is 13.3 Å². The van der Waals surface area contributed by atoms with Crippen molar-refractivity contribution in [3.63, 3.8) is 0 Å². The van der Waals surface area contributed by atoms with Crippen molar-refractivity contribution in [3.05, 3.63) is 24.4 Å². The van der Waals surface area contributed by atoms with Gasteiger partial charge in [0.1, 0.15) is 5.75 Å². The lowest BCUT2D eigenvalue weighted by Crippen LogP contribution is -1.99. The number of aromatic nitrogens is 2. The molecule has 0 radical (unpaired) electrons. The Morgan fingerprint density at radius 2 is 2.19 bits per heavy atom. The topological polar surface area (TPSA) is 44.2 Å². The van der Waals surface area contributed by atoms with Gasteiger partial charge in [-0.1, -0.05) is 6.92 Å². The molecule has 0 N–H and O–H groups in total. The van der Waals surface area contributed by atoms with Crippen LogP contribution in [0.5, 0.6) is 11.8 Å². The van der Waals surface area contributed by atoms with Crippen LogP contribution < -0.4 is 9.47 Å². The Morgan fingerprint density at radius 3 is 2.94 bits per heavy atom. The van der Waals surface area contributed by atoms with Gasteiger partial charge in [0.05, 0.1) is 19.2 Å². The van der Waals surface area contributed by atoms with E-state index in [2.05, 4.69) is 9.97 Å². The fourth-order valence-electron chi connectivity index (χ4n) is 1.38. The maximum Gasteiger partial charge on any atom is 0.316 e. The lowest BCUT2D eigenvalue weighted by Gasteiger charge is -2.04. The predicted molar refractivity (Wildman–Crippen MR) is 61.9 cm³/mol. The van der Waals surface area contributed by atoms with Crippen molar-refractivity contribution in [2.75, 3.05) is 13.7 Å². The van der Waals surface area contributed by atoms with Crippen LogP contribution in [0.1, 0.15) is 13.3 Å². The minimum absolute atomic E-state index is 0.430. The normalized spacial score (nSPS) is 10.4. The lowest BCUT2D eigenvalue weighted by molar-refractivity contribution is 0.293. The highest BCUT2D eigenvalue weighted by Crippen LogP contribution is 2.19. The van der Waals surface area contributed by atoms with Gasteiger partial charge in [-0.2, -0.15) is 4.98 Å². The number of fused-ring (bicyclic) bond motifs is 1. The second-order valence-electron chi connectivity index (χ2n) is 3.43. The summed E-state index contributed by atoms with van der Waals surface area (Å²) in [7, 11) is 1.64. The van der Waals surface area contributed by atoms with E-state index < -0.39 is 0 Å². The van der Waals surface area contributed by atoms with Gasteiger partial charge in [0.25, 0.3) is 0 Å². The third-order valence-electron chi connectivity index (χ3n) is 2.20. The van der Waals surface area contributed by atoms with Crippen molar-refractivity contribution in [2.24, 2.45) is 0 Å². The molecule has 16 heavy (non-hydrogen) atoms. The first-order chi connectivity index (χ1) is 7.83. The maximum atomic E-state index is 5.37. The molecule has 0 aliphatic carbocycles. The van der Waals surface area contributed by atoms with Crippen molar-refractivity contribution in [1.82, 2.24) is 9.97 Å². The van der Waals surface area contributed by atoms with E-state index in [9.17, 15) is 0 Å². The van der Waals surface area contributed by atoms with Gasteiger partial charge in [0.15, 0.2) is 0 Å². The third kappa shape index (κ3) is 2.21. The predicted octanol–water partition coefficient (Wildman–Crippen LogP) is 2.43. The number of benzene rings is 1. The molecular weight excluding hydrogens is 204 g/mol. The smallest absolute Gasteiger partial charge is 0.316 e. The Bertz CT molecular complexity index is 485. The summed E-state index contributed by atoms with van der Waals surface area (Å²) in [6, 6.07) is 6.10. The standard InChI is InChI=1S/C12H14N2O2/c1-3-6-16-12-13-8-9-7-10(15-2)4-5-11(9)14-12/h4-5,7-8H,3,6H2,1-2H3.